The maximum atomic E-state index is 13.0. The van der Waals surface area contributed by atoms with Gasteiger partial charge in [-0.15, -0.1) is 0 Å². The highest BCUT2D eigenvalue weighted by Crippen LogP contribution is 2.46. The third-order valence-electron chi connectivity index (χ3n) is 7.30. The molecule has 0 saturated heterocycles. The molecule has 190 valence electrons. The predicted molar refractivity (Wildman–Crippen MR) is 142 cm³/mol. The van der Waals surface area contributed by atoms with Crippen LogP contribution in [-0.4, -0.2) is 41.2 Å². The van der Waals surface area contributed by atoms with Gasteiger partial charge in [0.15, 0.2) is 0 Å². The number of nitrogens with zero attached hydrogens (tertiary/aromatic N) is 2. The van der Waals surface area contributed by atoms with Gasteiger partial charge >= 0.3 is 0 Å². The molecule has 1 unspecified atom stereocenters. The Labute approximate surface area is 216 Å². The number of anilines is 2. The van der Waals surface area contributed by atoms with Crippen LogP contribution in [0.5, 0.6) is 0 Å². The summed E-state index contributed by atoms with van der Waals surface area (Å²) in [7, 11) is 1.88. The second-order valence-corrected chi connectivity index (χ2v) is 9.72. The number of benzene rings is 2. The lowest BCUT2D eigenvalue weighted by molar-refractivity contribution is -0.135. The first-order valence-corrected chi connectivity index (χ1v) is 12.6. The first-order chi connectivity index (χ1) is 17.9. The molecule has 8 nitrogen and oxygen atoms in total. The van der Waals surface area contributed by atoms with Crippen LogP contribution in [-0.2, 0) is 45.7 Å². The molecule has 2 heterocycles. The van der Waals surface area contributed by atoms with Gasteiger partial charge in [0.2, 0.25) is 17.7 Å². The number of carbonyl (C=O) groups excluding carboxylic acids is 3. The summed E-state index contributed by atoms with van der Waals surface area (Å²) in [6, 6.07) is 17.5. The van der Waals surface area contributed by atoms with Crippen LogP contribution in [0, 0.1) is 0 Å². The van der Waals surface area contributed by atoms with Crippen LogP contribution in [0.4, 0.5) is 11.5 Å². The molecule has 0 saturated carbocycles. The number of amides is 3. The molecule has 1 aliphatic heterocycles. The molecule has 2 aromatic carbocycles. The van der Waals surface area contributed by atoms with Crippen molar-refractivity contribution in [1.82, 2.24) is 15.2 Å². The summed E-state index contributed by atoms with van der Waals surface area (Å²) < 4.78 is 0. The minimum atomic E-state index is -0.653. The zero-order valence-corrected chi connectivity index (χ0v) is 21.1. The van der Waals surface area contributed by atoms with Crippen LogP contribution in [0.2, 0.25) is 0 Å². The number of fused-ring (bicyclic) bond motifs is 3. The Balaban J connectivity index is 1.30. The van der Waals surface area contributed by atoms with E-state index in [9.17, 15) is 14.4 Å². The zero-order valence-electron chi connectivity index (χ0n) is 21.1. The smallest absolute Gasteiger partial charge is 0.244 e. The van der Waals surface area contributed by atoms with Crippen LogP contribution in [0.1, 0.15) is 41.2 Å². The molecular formula is C29H31N5O3. The van der Waals surface area contributed by atoms with Crippen LogP contribution >= 0.6 is 0 Å². The summed E-state index contributed by atoms with van der Waals surface area (Å²) in [6.07, 6.45) is 3.16. The quantitative estimate of drug-likeness (QED) is 0.444. The van der Waals surface area contributed by atoms with Crippen LogP contribution in [0.3, 0.4) is 0 Å². The van der Waals surface area contributed by atoms with Crippen molar-refractivity contribution in [3.05, 3.63) is 88.6 Å². The standard InChI is InChI=1S/C29H31N5O3/c1-3-26(36)34(17-21-8-5-4-7-20(21)16-30-2)18-25(35)32-23-11-10-19-14-29(15-22(19)13-23)24-9-6-12-31-27(24)33-28(29)37/h4-13,30H,3,14-18H2,1-2H3,(H,32,35)(H,31,33,37). The topological polar surface area (TPSA) is 103 Å². The maximum absolute atomic E-state index is 13.0. The fourth-order valence-electron chi connectivity index (χ4n) is 5.46. The average molecular weight is 498 g/mol. The van der Waals surface area contributed by atoms with E-state index in [1.54, 1.807) is 18.0 Å². The molecule has 0 radical (unpaired) electrons. The Morgan fingerprint density at radius 3 is 2.62 bits per heavy atom. The second kappa shape index (κ2) is 10.1. The van der Waals surface area contributed by atoms with E-state index in [0.717, 1.165) is 27.8 Å². The molecule has 1 aliphatic carbocycles. The molecule has 2 aliphatic rings. The van der Waals surface area contributed by atoms with Crippen molar-refractivity contribution in [2.24, 2.45) is 0 Å². The van der Waals surface area contributed by atoms with Gasteiger partial charge in [0, 0.05) is 37.0 Å². The van der Waals surface area contributed by atoms with Crippen molar-refractivity contribution in [3.8, 4) is 0 Å². The molecule has 1 spiro atoms. The molecule has 3 amide bonds. The largest absolute Gasteiger partial charge is 0.329 e. The number of aromatic nitrogens is 1. The van der Waals surface area contributed by atoms with Gasteiger partial charge in [0.1, 0.15) is 12.4 Å². The highest BCUT2D eigenvalue weighted by Gasteiger charge is 2.51. The fraction of sp³-hybridized carbons (Fsp3) is 0.310. The van der Waals surface area contributed by atoms with Gasteiger partial charge in [-0.1, -0.05) is 43.3 Å². The molecule has 1 atom stereocenters. The summed E-state index contributed by atoms with van der Waals surface area (Å²) >= 11 is 0. The number of rotatable bonds is 8. The Kier molecular flexibility index (Phi) is 6.76. The van der Waals surface area contributed by atoms with Crippen molar-refractivity contribution in [2.75, 3.05) is 24.2 Å². The Morgan fingerprint density at radius 2 is 1.84 bits per heavy atom. The highest BCUT2D eigenvalue weighted by molar-refractivity contribution is 6.06. The number of carbonyl (C=O) groups is 3. The summed E-state index contributed by atoms with van der Waals surface area (Å²) in [5, 5.41) is 9.03. The molecule has 8 heteroatoms. The molecule has 37 heavy (non-hydrogen) atoms. The van der Waals surface area contributed by atoms with E-state index in [1.807, 2.05) is 61.6 Å². The number of hydrogen-bond acceptors (Lipinski definition) is 5. The first-order valence-electron chi connectivity index (χ1n) is 12.6. The Bertz CT molecular complexity index is 1370. The molecular weight excluding hydrogens is 466 g/mol. The number of hydrogen-bond donors (Lipinski definition) is 3. The third-order valence-corrected chi connectivity index (χ3v) is 7.30. The van der Waals surface area contributed by atoms with E-state index < -0.39 is 5.41 Å². The van der Waals surface area contributed by atoms with Gasteiger partial charge in [0.05, 0.1) is 5.41 Å². The molecule has 0 bridgehead atoms. The van der Waals surface area contributed by atoms with E-state index in [0.29, 0.717) is 43.9 Å². The summed E-state index contributed by atoms with van der Waals surface area (Å²) in [5.41, 5.74) is 5.16. The summed E-state index contributed by atoms with van der Waals surface area (Å²) in [4.78, 5) is 44.6. The van der Waals surface area contributed by atoms with Crippen molar-refractivity contribution in [2.45, 2.75) is 44.7 Å². The lowest BCUT2D eigenvalue weighted by Gasteiger charge is -2.23. The number of pyridine rings is 1. The molecule has 5 rings (SSSR count). The fourth-order valence-corrected chi connectivity index (χ4v) is 5.46. The van der Waals surface area contributed by atoms with Crippen molar-refractivity contribution in [1.29, 1.82) is 0 Å². The highest BCUT2D eigenvalue weighted by atomic mass is 16.2. The maximum Gasteiger partial charge on any atom is 0.244 e. The molecule has 0 fully saturated rings. The van der Waals surface area contributed by atoms with E-state index >= 15 is 0 Å². The van der Waals surface area contributed by atoms with Crippen LogP contribution in [0.15, 0.2) is 60.8 Å². The SMILES string of the molecule is CCC(=O)N(CC(=O)Nc1ccc2c(c1)CC1(C2)C(=O)Nc2ncccc21)Cc1ccccc1CNC. The minimum Gasteiger partial charge on any atom is -0.329 e. The van der Waals surface area contributed by atoms with Gasteiger partial charge in [0.25, 0.3) is 0 Å². The predicted octanol–water partition coefficient (Wildman–Crippen LogP) is 3.17. The average Bonchev–Trinajstić information content (AvgIpc) is 3.41. The van der Waals surface area contributed by atoms with E-state index in [1.165, 1.54) is 0 Å². The van der Waals surface area contributed by atoms with Gasteiger partial charge in [-0.2, -0.15) is 0 Å². The van der Waals surface area contributed by atoms with Gasteiger partial charge in [-0.3, -0.25) is 14.4 Å². The molecule has 3 aromatic rings. The normalized spacial score (nSPS) is 17.3. The van der Waals surface area contributed by atoms with Gasteiger partial charge < -0.3 is 20.9 Å². The summed E-state index contributed by atoms with van der Waals surface area (Å²) in [6.45, 7) is 2.82. The molecule has 1 aromatic heterocycles. The van der Waals surface area contributed by atoms with Gasteiger partial charge in [-0.25, -0.2) is 4.98 Å². The van der Waals surface area contributed by atoms with Gasteiger partial charge in [-0.05, 0) is 60.3 Å². The lowest BCUT2D eigenvalue weighted by atomic mass is 9.79. The summed E-state index contributed by atoms with van der Waals surface area (Å²) in [5.74, 6) is 0.264. The van der Waals surface area contributed by atoms with Crippen molar-refractivity contribution < 1.29 is 14.4 Å². The van der Waals surface area contributed by atoms with Crippen molar-refractivity contribution >= 4 is 29.2 Å². The Morgan fingerprint density at radius 1 is 1.05 bits per heavy atom. The minimum absolute atomic E-state index is 0.0322. The Hall–Kier alpha value is -4.04. The zero-order chi connectivity index (χ0) is 26.0. The van der Waals surface area contributed by atoms with E-state index in [4.69, 9.17) is 0 Å². The van der Waals surface area contributed by atoms with Crippen LogP contribution in [0.25, 0.3) is 0 Å². The molecule has 3 N–H and O–H groups in total. The second-order valence-electron chi connectivity index (χ2n) is 9.72. The van der Waals surface area contributed by atoms with E-state index in [2.05, 4.69) is 20.9 Å². The van der Waals surface area contributed by atoms with Crippen molar-refractivity contribution in [3.63, 3.8) is 0 Å². The first kappa shape index (κ1) is 24.6. The third kappa shape index (κ3) is 4.72. The van der Waals surface area contributed by atoms with E-state index in [-0.39, 0.29) is 24.3 Å². The number of nitrogens with one attached hydrogen (secondary N) is 3. The van der Waals surface area contributed by atoms with Crippen LogP contribution < -0.4 is 16.0 Å². The lowest BCUT2D eigenvalue weighted by Crippen LogP contribution is -2.37. The monoisotopic (exact) mass is 497 g/mol.